The van der Waals surface area contributed by atoms with Crippen molar-refractivity contribution < 1.29 is 9.53 Å². The Bertz CT molecular complexity index is 738. The lowest BCUT2D eigenvalue weighted by Crippen LogP contribution is -2.23. The van der Waals surface area contributed by atoms with Gasteiger partial charge in [0.2, 0.25) is 0 Å². The highest BCUT2D eigenvalue weighted by Gasteiger charge is 2.29. The highest BCUT2D eigenvalue weighted by Crippen LogP contribution is 2.35. The summed E-state index contributed by atoms with van der Waals surface area (Å²) in [6.45, 7) is 11.0. The average Bonchev–Trinajstić information content (AvgIpc) is 3.45. The molecule has 27 heavy (non-hydrogen) atoms. The van der Waals surface area contributed by atoms with Gasteiger partial charge in [0, 0.05) is 17.8 Å². The van der Waals surface area contributed by atoms with E-state index in [4.69, 9.17) is 10.1 Å². The SMILES string of the molecule is Cc1c(COC(=N)C2CC2)cc2c(c1C)CC(CCC(=O)C(C)(C)C)CC2. The molecular formula is C24H35NO2. The fourth-order valence-electron chi connectivity index (χ4n) is 4.10. The van der Waals surface area contributed by atoms with Crippen LogP contribution in [0.4, 0.5) is 0 Å². The van der Waals surface area contributed by atoms with Gasteiger partial charge in [-0.3, -0.25) is 10.2 Å². The van der Waals surface area contributed by atoms with Crippen molar-refractivity contribution in [1.29, 1.82) is 5.41 Å². The van der Waals surface area contributed by atoms with E-state index >= 15 is 0 Å². The van der Waals surface area contributed by atoms with E-state index in [2.05, 4.69) is 19.9 Å². The molecule has 2 aliphatic carbocycles. The molecule has 1 N–H and O–H groups in total. The number of hydrogen-bond acceptors (Lipinski definition) is 3. The zero-order valence-electron chi connectivity index (χ0n) is 17.7. The standard InChI is InChI=1S/C24H35NO2/c1-15-16(2)21-12-17(7-11-22(26)24(3,4)5)6-8-19(21)13-20(15)14-27-23(25)18-9-10-18/h13,17-18,25H,6-12,14H2,1-5H3. The summed E-state index contributed by atoms with van der Waals surface area (Å²) in [5.74, 6) is 1.84. The first-order valence-electron chi connectivity index (χ1n) is 10.5. The van der Waals surface area contributed by atoms with Crippen LogP contribution in [0.2, 0.25) is 0 Å². The molecule has 0 heterocycles. The van der Waals surface area contributed by atoms with Gasteiger partial charge < -0.3 is 4.74 Å². The van der Waals surface area contributed by atoms with Crippen LogP contribution in [0.5, 0.6) is 0 Å². The van der Waals surface area contributed by atoms with Gasteiger partial charge >= 0.3 is 0 Å². The Morgan fingerprint density at radius 2 is 1.89 bits per heavy atom. The van der Waals surface area contributed by atoms with Crippen molar-refractivity contribution in [2.45, 2.75) is 86.2 Å². The lowest BCUT2D eigenvalue weighted by atomic mass is 9.76. The normalized spacial score (nSPS) is 19.5. The number of carbonyl (C=O) groups is 1. The van der Waals surface area contributed by atoms with Gasteiger partial charge in [-0.15, -0.1) is 0 Å². The first-order valence-corrected chi connectivity index (χ1v) is 10.5. The number of Topliss-reactive ketones (excluding diaryl/α,β-unsaturated/α-hetero) is 1. The smallest absolute Gasteiger partial charge is 0.183 e. The highest BCUT2D eigenvalue weighted by atomic mass is 16.5. The van der Waals surface area contributed by atoms with E-state index in [0.717, 1.165) is 32.1 Å². The van der Waals surface area contributed by atoms with Crippen LogP contribution in [0.3, 0.4) is 0 Å². The first-order chi connectivity index (χ1) is 12.7. The van der Waals surface area contributed by atoms with Gasteiger partial charge in [0.15, 0.2) is 5.90 Å². The third kappa shape index (κ3) is 4.80. The minimum Gasteiger partial charge on any atom is -0.476 e. The van der Waals surface area contributed by atoms with E-state index in [1.807, 2.05) is 20.8 Å². The molecule has 1 aromatic carbocycles. The van der Waals surface area contributed by atoms with Crippen molar-refractivity contribution in [1.82, 2.24) is 0 Å². The van der Waals surface area contributed by atoms with Crippen LogP contribution in [0.15, 0.2) is 6.07 Å². The summed E-state index contributed by atoms with van der Waals surface area (Å²) in [5.41, 5.74) is 6.65. The van der Waals surface area contributed by atoms with E-state index in [1.165, 1.54) is 34.2 Å². The fourth-order valence-corrected chi connectivity index (χ4v) is 4.10. The summed E-state index contributed by atoms with van der Waals surface area (Å²) in [5, 5.41) is 7.97. The lowest BCUT2D eigenvalue weighted by Gasteiger charge is -2.29. The van der Waals surface area contributed by atoms with E-state index in [-0.39, 0.29) is 5.41 Å². The lowest BCUT2D eigenvalue weighted by molar-refractivity contribution is -0.126. The van der Waals surface area contributed by atoms with E-state index < -0.39 is 0 Å². The fraction of sp³-hybridized carbons (Fsp3) is 0.667. The predicted molar refractivity (Wildman–Crippen MR) is 110 cm³/mol. The molecule has 2 aliphatic rings. The zero-order chi connectivity index (χ0) is 19.8. The molecular weight excluding hydrogens is 334 g/mol. The van der Waals surface area contributed by atoms with Gasteiger partial charge in [0.1, 0.15) is 12.4 Å². The van der Waals surface area contributed by atoms with E-state index in [1.54, 1.807) is 0 Å². The van der Waals surface area contributed by atoms with Crippen molar-refractivity contribution >= 4 is 11.7 Å². The summed E-state index contributed by atoms with van der Waals surface area (Å²) >= 11 is 0. The Labute approximate surface area is 164 Å². The second kappa shape index (κ2) is 7.77. The quantitative estimate of drug-likeness (QED) is 0.516. The molecule has 0 aromatic heterocycles. The Morgan fingerprint density at radius 1 is 1.19 bits per heavy atom. The van der Waals surface area contributed by atoms with Crippen LogP contribution in [0.1, 0.15) is 80.7 Å². The molecule has 1 aromatic rings. The second-order valence-corrected chi connectivity index (χ2v) is 9.67. The molecule has 3 nitrogen and oxygen atoms in total. The topological polar surface area (TPSA) is 50.1 Å². The maximum absolute atomic E-state index is 12.3. The van der Waals surface area contributed by atoms with Crippen LogP contribution in [-0.2, 0) is 29.0 Å². The van der Waals surface area contributed by atoms with Gasteiger partial charge in [-0.2, -0.15) is 0 Å². The summed E-state index contributed by atoms with van der Waals surface area (Å²) in [7, 11) is 0. The maximum atomic E-state index is 12.3. The van der Waals surface area contributed by atoms with Crippen molar-refractivity contribution in [2.75, 3.05) is 0 Å². The Balaban J connectivity index is 1.65. The third-order valence-electron chi connectivity index (χ3n) is 6.50. The number of fused-ring (bicyclic) bond motifs is 1. The monoisotopic (exact) mass is 369 g/mol. The molecule has 1 atom stereocenters. The number of hydrogen-bond donors (Lipinski definition) is 1. The molecule has 1 saturated carbocycles. The Kier molecular flexibility index (Phi) is 5.79. The van der Waals surface area contributed by atoms with Crippen LogP contribution in [-0.4, -0.2) is 11.7 Å². The zero-order valence-corrected chi connectivity index (χ0v) is 17.7. The largest absolute Gasteiger partial charge is 0.476 e. The number of carbonyl (C=O) groups excluding carboxylic acids is 1. The van der Waals surface area contributed by atoms with Crippen LogP contribution in [0, 0.1) is 36.5 Å². The van der Waals surface area contributed by atoms with Crippen LogP contribution < -0.4 is 0 Å². The molecule has 0 spiro atoms. The molecule has 1 unspecified atom stereocenters. The van der Waals surface area contributed by atoms with Crippen molar-refractivity contribution in [3.8, 4) is 0 Å². The average molecular weight is 370 g/mol. The van der Waals surface area contributed by atoms with Gasteiger partial charge in [-0.1, -0.05) is 26.8 Å². The highest BCUT2D eigenvalue weighted by molar-refractivity contribution is 5.83. The summed E-state index contributed by atoms with van der Waals surface area (Å²) in [6.07, 6.45) is 7.30. The Morgan fingerprint density at radius 3 is 2.52 bits per heavy atom. The minimum absolute atomic E-state index is 0.220. The molecule has 1 fully saturated rings. The number of aryl methyl sites for hydroxylation is 1. The van der Waals surface area contributed by atoms with Gasteiger partial charge in [0.25, 0.3) is 0 Å². The van der Waals surface area contributed by atoms with Crippen molar-refractivity contribution in [3.63, 3.8) is 0 Å². The molecule has 0 amide bonds. The molecule has 0 aliphatic heterocycles. The van der Waals surface area contributed by atoms with Crippen LogP contribution in [0.25, 0.3) is 0 Å². The van der Waals surface area contributed by atoms with Gasteiger partial charge in [0.05, 0.1) is 0 Å². The molecule has 0 saturated heterocycles. The second-order valence-electron chi connectivity index (χ2n) is 9.67. The molecule has 0 radical (unpaired) electrons. The van der Waals surface area contributed by atoms with Crippen molar-refractivity contribution in [3.05, 3.63) is 33.9 Å². The number of ether oxygens (including phenoxy) is 1. The number of benzene rings is 1. The molecule has 3 rings (SSSR count). The third-order valence-corrected chi connectivity index (χ3v) is 6.50. The number of ketones is 1. The maximum Gasteiger partial charge on any atom is 0.183 e. The predicted octanol–water partition coefficient (Wildman–Crippen LogP) is 5.71. The summed E-state index contributed by atoms with van der Waals surface area (Å²) < 4.78 is 5.74. The minimum atomic E-state index is -0.220. The summed E-state index contributed by atoms with van der Waals surface area (Å²) in [4.78, 5) is 12.3. The first kappa shape index (κ1) is 20.1. The molecule has 148 valence electrons. The van der Waals surface area contributed by atoms with E-state index in [0.29, 0.717) is 36.5 Å². The number of rotatable bonds is 6. The van der Waals surface area contributed by atoms with Gasteiger partial charge in [-0.05, 0) is 86.1 Å². The molecule has 0 bridgehead atoms. The van der Waals surface area contributed by atoms with Crippen molar-refractivity contribution in [2.24, 2.45) is 17.3 Å². The van der Waals surface area contributed by atoms with Crippen LogP contribution >= 0.6 is 0 Å². The Hall–Kier alpha value is -1.64. The molecule has 3 heteroatoms. The van der Waals surface area contributed by atoms with E-state index in [9.17, 15) is 4.79 Å². The number of nitrogens with one attached hydrogen (secondary N) is 1. The van der Waals surface area contributed by atoms with Gasteiger partial charge in [-0.25, -0.2) is 0 Å². The summed E-state index contributed by atoms with van der Waals surface area (Å²) in [6, 6.07) is 2.31.